The number of hydrogen-bond donors (Lipinski definition) is 2. The van der Waals surface area contributed by atoms with Crippen molar-refractivity contribution in [2.75, 3.05) is 12.4 Å². The summed E-state index contributed by atoms with van der Waals surface area (Å²) in [5.74, 6) is 0.810. The summed E-state index contributed by atoms with van der Waals surface area (Å²) in [7, 11) is 0. The van der Waals surface area contributed by atoms with Crippen LogP contribution in [0.1, 0.15) is 22.3 Å². The Kier molecular flexibility index (Phi) is 5.87. The standard InChI is InChI=1S/C11H13BrO3S/c12-10-6-8(11(14)15)2-3-9(10)7-16-5-1-4-13/h2-3,6,13H,1,4-5,7H2,(H,14,15). The topological polar surface area (TPSA) is 57.5 Å². The molecule has 2 N–H and O–H groups in total. The molecule has 3 nitrogen and oxygen atoms in total. The highest BCUT2D eigenvalue weighted by Crippen LogP contribution is 2.23. The molecular weight excluding hydrogens is 292 g/mol. The third kappa shape index (κ3) is 4.15. The Morgan fingerprint density at radius 2 is 2.19 bits per heavy atom. The van der Waals surface area contributed by atoms with Crippen molar-refractivity contribution in [3.63, 3.8) is 0 Å². The molecule has 0 unspecified atom stereocenters. The first kappa shape index (κ1) is 13.5. The summed E-state index contributed by atoms with van der Waals surface area (Å²) in [6.07, 6.45) is 0.787. The normalized spacial score (nSPS) is 10.4. The lowest BCUT2D eigenvalue weighted by atomic mass is 10.1. The van der Waals surface area contributed by atoms with E-state index in [1.807, 2.05) is 6.07 Å². The maximum Gasteiger partial charge on any atom is 0.335 e. The minimum absolute atomic E-state index is 0.214. The van der Waals surface area contributed by atoms with Crippen LogP contribution < -0.4 is 0 Å². The van der Waals surface area contributed by atoms with Crippen molar-refractivity contribution in [3.8, 4) is 0 Å². The van der Waals surface area contributed by atoms with Crippen LogP contribution in [0.4, 0.5) is 0 Å². The minimum atomic E-state index is -0.916. The molecule has 16 heavy (non-hydrogen) atoms. The second kappa shape index (κ2) is 6.93. The number of aliphatic hydroxyl groups is 1. The smallest absolute Gasteiger partial charge is 0.335 e. The van der Waals surface area contributed by atoms with Gasteiger partial charge in [-0.2, -0.15) is 11.8 Å². The first-order valence-electron chi connectivity index (χ1n) is 4.85. The van der Waals surface area contributed by atoms with Crippen LogP contribution in [-0.2, 0) is 5.75 Å². The van der Waals surface area contributed by atoms with E-state index in [9.17, 15) is 4.79 Å². The average molecular weight is 305 g/mol. The van der Waals surface area contributed by atoms with E-state index in [2.05, 4.69) is 15.9 Å². The van der Waals surface area contributed by atoms with E-state index in [-0.39, 0.29) is 12.2 Å². The highest BCUT2D eigenvalue weighted by Gasteiger charge is 2.06. The van der Waals surface area contributed by atoms with Gasteiger partial charge in [-0.3, -0.25) is 0 Å². The van der Waals surface area contributed by atoms with Crippen LogP contribution in [0.5, 0.6) is 0 Å². The van der Waals surface area contributed by atoms with Crippen LogP contribution in [0, 0.1) is 0 Å². The number of thioether (sulfide) groups is 1. The Morgan fingerprint density at radius 1 is 1.44 bits per heavy atom. The van der Waals surface area contributed by atoms with Gasteiger partial charge in [0, 0.05) is 16.8 Å². The van der Waals surface area contributed by atoms with Crippen molar-refractivity contribution in [1.82, 2.24) is 0 Å². The number of carboxylic acid groups (broad SMARTS) is 1. The Hall–Kier alpha value is -0.520. The lowest BCUT2D eigenvalue weighted by Gasteiger charge is -2.05. The maximum atomic E-state index is 10.7. The third-order valence-electron chi connectivity index (χ3n) is 2.00. The summed E-state index contributed by atoms with van der Waals surface area (Å²) in [5.41, 5.74) is 1.36. The predicted octanol–water partition coefficient (Wildman–Crippen LogP) is 2.76. The van der Waals surface area contributed by atoms with Crippen LogP contribution in [0.25, 0.3) is 0 Å². The summed E-state index contributed by atoms with van der Waals surface area (Å²) in [4.78, 5) is 10.7. The summed E-state index contributed by atoms with van der Waals surface area (Å²) in [6, 6.07) is 5.04. The van der Waals surface area contributed by atoms with Gasteiger partial charge in [-0.1, -0.05) is 22.0 Å². The number of carboxylic acids is 1. The summed E-state index contributed by atoms with van der Waals surface area (Å²) in [6.45, 7) is 0.214. The zero-order valence-corrected chi connectivity index (χ0v) is 11.1. The van der Waals surface area contributed by atoms with Crippen LogP contribution >= 0.6 is 27.7 Å². The van der Waals surface area contributed by atoms with E-state index < -0.39 is 5.97 Å². The molecule has 0 fully saturated rings. The van der Waals surface area contributed by atoms with Gasteiger partial charge in [0.1, 0.15) is 0 Å². The second-order valence-corrected chi connectivity index (χ2v) is 5.20. The van der Waals surface area contributed by atoms with E-state index >= 15 is 0 Å². The number of aromatic carboxylic acids is 1. The average Bonchev–Trinajstić information content (AvgIpc) is 2.26. The molecule has 0 bridgehead atoms. The number of hydrogen-bond acceptors (Lipinski definition) is 3. The fourth-order valence-corrected chi connectivity index (χ4v) is 2.80. The van der Waals surface area contributed by atoms with E-state index in [0.29, 0.717) is 0 Å². The minimum Gasteiger partial charge on any atom is -0.478 e. The second-order valence-electron chi connectivity index (χ2n) is 3.24. The number of benzene rings is 1. The van der Waals surface area contributed by atoms with E-state index in [0.717, 1.165) is 28.0 Å². The van der Waals surface area contributed by atoms with Crippen molar-refractivity contribution in [3.05, 3.63) is 33.8 Å². The number of halogens is 1. The number of carbonyl (C=O) groups is 1. The van der Waals surface area contributed by atoms with Gasteiger partial charge in [0.25, 0.3) is 0 Å². The predicted molar refractivity (Wildman–Crippen MR) is 69.0 cm³/mol. The molecule has 1 aromatic rings. The fourth-order valence-electron chi connectivity index (χ4n) is 1.15. The van der Waals surface area contributed by atoms with Crippen molar-refractivity contribution in [2.24, 2.45) is 0 Å². The van der Waals surface area contributed by atoms with E-state index in [4.69, 9.17) is 10.2 Å². The Balaban J connectivity index is 2.57. The molecule has 1 aromatic carbocycles. The maximum absolute atomic E-state index is 10.7. The van der Waals surface area contributed by atoms with Crippen LogP contribution in [0.2, 0.25) is 0 Å². The highest BCUT2D eigenvalue weighted by atomic mass is 79.9. The molecule has 0 aromatic heterocycles. The molecule has 5 heteroatoms. The molecule has 0 heterocycles. The quantitative estimate of drug-likeness (QED) is 0.794. The summed E-state index contributed by atoms with van der Waals surface area (Å²) >= 11 is 5.08. The van der Waals surface area contributed by atoms with Crippen molar-refractivity contribution < 1.29 is 15.0 Å². The molecule has 0 atom stereocenters. The molecule has 0 spiro atoms. The number of aliphatic hydroxyl groups excluding tert-OH is 1. The van der Waals surface area contributed by atoms with Gasteiger partial charge >= 0.3 is 5.97 Å². The Bertz CT molecular complexity index is 368. The molecule has 0 saturated carbocycles. The molecule has 0 radical (unpaired) electrons. The zero-order chi connectivity index (χ0) is 12.0. The SMILES string of the molecule is O=C(O)c1ccc(CSCCCO)c(Br)c1. The van der Waals surface area contributed by atoms with Crippen LogP contribution in [-0.4, -0.2) is 28.5 Å². The van der Waals surface area contributed by atoms with Crippen molar-refractivity contribution in [2.45, 2.75) is 12.2 Å². The summed E-state index contributed by atoms with van der Waals surface area (Å²) in [5, 5.41) is 17.4. The van der Waals surface area contributed by atoms with Gasteiger partial charge in [-0.05, 0) is 29.9 Å². The summed E-state index contributed by atoms with van der Waals surface area (Å²) < 4.78 is 0.823. The van der Waals surface area contributed by atoms with Crippen LogP contribution in [0.3, 0.4) is 0 Å². The van der Waals surface area contributed by atoms with Gasteiger partial charge < -0.3 is 10.2 Å². The number of rotatable bonds is 6. The van der Waals surface area contributed by atoms with Gasteiger partial charge in [-0.25, -0.2) is 4.79 Å². The lowest BCUT2D eigenvalue weighted by Crippen LogP contribution is -1.97. The van der Waals surface area contributed by atoms with Gasteiger partial charge in [0.15, 0.2) is 0 Å². The van der Waals surface area contributed by atoms with E-state index in [1.165, 1.54) is 0 Å². The van der Waals surface area contributed by atoms with Gasteiger partial charge in [0.05, 0.1) is 5.56 Å². The molecule has 0 aliphatic heterocycles. The molecular formula is C11H13BrO3S. The molecule has 88 valence electrons. The fraction of sp³-hybridized carbons (Fsp3) is 0.364. The Labute approximate surface area is 107 Å². The monoisotopic (exact) mass is 304 g/mol. The molecule has 0 aliphatic rings. The largest absolute Gasteiger partial charge is 0.478 e. The first-order valence-corrected chi connectivity index (χ1v) is 6.80. The van der Waals surface area contributed by atoms with Gasteiger partial charge in [0.2, 0.25) is 0 Å². The lowest BCUT2D eigenvalue weighted by molar-refractivity contribution is 0.0697. The first-order chi connectivity index (χ1) is 7.65. The van der Waals surface area contributed by atoms with Crippen LogP contribution in [0.15, 0.2) is 22.7 Å². The Morgan fingerprint density at radius 3 is 2.75 bits per heavy atom. The zero-order valence-electron chi connectivity index (χ0n) is 8.65. The highest BCUT2D eigenvalue weighted by molar-refractivity contribution is 9.10. The van der Waals surface area contributed by atoms with E-state index in [1.54, 1.807) is 23.9 Å². The molecule has 1 rings (SSSR count). The van der Waals surface area contributed by atoms with Gasteiger partial charge in [-0.15, -0.1) is 0 Å². The molecule has 0 aliphatic carbocycles. The van der Waals surface area contributed by atoms with Crippen molar-refractivity contribution >= 4 is 33.7 Å². The molecule has 0 amide bonds. The van der Waals surface area contributed by atoms with Crippen molar-refractivity contribution in [1.29, 1.82) is 0 Å². The molecule has 0 saturated heterocycles. The third-order valence-corrected chi connectivity index (χ3v) is 3.84.